The van der Waals surface area contributed by atoms with E-state index in [4.69, 9.17) is 16.2 Å². The van der Waals surface area contributed by atoms with E-state index in [0.717, 1.165) is 24.0 Å². The monoisotopic (exact) mass is 520 g/mol. The number of nitrogens with one attached hydrogen (secondary N) is 2. The number of aliphatic hydroxyl groups is 3. The second kappa shape index (κ2) is 11.2. The SMILES string of the molecule is Nc1ccc(CCNc2nc(NCCc3ccc(N)cc3)c3ncn(C4O[C@H](CO)[C@@H](O)[C@H]4O)c3n2)cc1. The van der Waals surface area contributed by atoms with Gasteiger partial charge in [-0.1, -0.05) is 24.3 Å². The highest BCUT2D eigenvalue weighted by Gasteiger charge is 2.44. The largest absolute Gasteiger partial charge is 0.399 e. The Bertz CT molecular complexity index is 1360. The first kappa shape index (κ1) is 25.7. The third-order valence-corrected chi connectivity index (χ3v) is 6.58. The first-order chi connectivity index (χ1) is 18.4. The van der Waals surface area contributed by atoms with Crippen molar-refractivity contribution in [1.82, 2.24) is 19.5 Å². The van der Waals surface area contributed by atoms with Crippen molar-refractivity contribution in [2.75, 3.05) is 41.8 Å². The molecule has 5 rings (SSSR count). The van der Waals surface area contributed by atoms with Crippen molar-refractivity contribution in [1.29, 1.82) is 0 Å². The molecule has 2 aromatic heterocycles. The lowest BCUT2D eigenvalue weighted by molar-refractivity contribution is -0.0511. The molecule has 38 heavy (non-hydrogen) atoms. The number of ether oxygens (including phenoxy) is 1. The van der Waals surface area contributed by atoms with E-state index < -0.39 is 31.1 Å². The van der Waals surface area contributed by atoms with Crippen LogP contribution in [0.3, 0.4) is 0 Å². The fraction of sp³-hybridized carbons (Fsp3) is 0.346. The van der Waals surface area contributed by atoms with Crippen molar-refractivity contribution in [3.8, 4) is 0 Å². The third-order valence-electron chi connectivity index (χ3n) is 6.58. The van der Waals surface area contributed by atoms with Crippen LogP contribution in [0.5, 0.6) is 0 Å². The lowest BCUT2D eigenvalue weighted by Gasteiger charge is -2.17. The molecule has 0 radical (unpaired) electrons. The van der Waals surface area contributed by atoms with Gasteiger partial charge in [0.1, 0.15) is 18.3 Å². The van der Waals surface area contributed by atoms with Gasteiger partial charge in [-0.3, -0.25) is 4.57 Å². The van der Waals surface area contributed by atoms with Crippen molar-refractivity contribution in [3.63, 3.8) is 0 Å². The number of rotatable bonds is 10. The fourth-order valence-corrected chi connectivity index (χ4v) is 4.43. The Labute approximate surface area is 219 Å². The molecule has 0 spiro atoms. The van der Waals surface area contributed by atoms with Gasteiger partial charge < -0.3 is 42.2 Å². The smallest absolute Gasteiger partial charge is 0.226 e. The number of hydrogen-bond acceptors (Lipinski definition) is 11. The van der Waals surface area contributed by atoms with Gasteiger partial charge in [0.2, 0.25) is 5.95 Å². The van der Waals surface area contributed by atoms with Crippen molar-refractivity contribution in [2.24, 2.45) is 0 Å². The van der Waals surface area contributed by atoms with Gasteiger partial charge in [-0.2, -0.15) is 9.97 Å². The molecule has 0 saturated carbocycles. The maximum atomic E-state index is 10.6. The van der Waals surface area contributed by atoms with E-state index in [1.807, 2.05) is 48.5 Å². The summed E-state index contributed by atoms with van der Waals surface area (Å²) in [6.07, 6.45) is -1.42. The minimum absolute atomic E-state index is 0.372. The van der Waals surface area contributed by atoms with Crippen molar-refractivity contribution >= 4 is 34.3 Å². The average molecular weight is 521 g/mol. The topological polar surface area (TPSA) is 190 Å². The van der Waals surface area contributed by atoms with E-state index >= 15 is 0 Å². The van der Waals surface area contributed by atoms with Gasteiger partial charge in [-0.05, 0) is 48.2 Å². The van der Waals surface area contributed by atoms with Crippen LogP contribution >= 0.6 is 0 Å². The Morgan fingerprint density at radius 2 is 1.45 bits per heavy atom. The van der Waals surface area contributed by atoms with Gasteiger partial charge >= 0.3 is 0 Å². The molecule has 200 valence electrons. The van der Waals surface area contributed by atoms with Crippen LogP contribution in [0.15, 0.2) is 54.9 Å². The number of hydrogen-bond donors (Lipinski definition) is 7. The molecule has 3 heterocycles. The highest BCUT2D eigenvalue weighted by Crippen LogP contribution is 2.32. The molecule has 2 aromatic carbocycles. The van der Waals surface area contributed by atoms with Gasteiger partial charge in [0, 0.05) is 24.5 Å². The van der Waals surface area contributed by atoms with Crippen LogP contribution in [-0.4, -0.2) is 72.8 Å². The summed E-state index contributed by atoms with van der Waals surface area (Å²) in [6, 6.07) is 15.4. The van der Waals surface area contributed by atoms with Crippen LogP contribution in [0.1, 0.15) is 17.4 Å². The molecule has 1 saturated heterocycles. The minimum Gasteiger partial charge on any atom is -0.399 e. The van der Waals surface area contributed by atoms with Gasteiger partial charge in [-0.25, -0.2) is 4.98 Å². The van der Waals surface area contributed by atoms with E-state index in [2.05, 4.69) is 25.6 Å². The summed E-state index contributed by atoms with van der Waals surface area (Å²) in [5.41, 5.74) is 16.1. The number of anilines is 4. The molecule has 0 amide bonds. The van der Waals surface area contributed by atoms with Crippen LogP contribution < -0.4 is 22.1 Å². The van der Waals surface area contributed by atoms with Gasteiger partial charge in [-0.15, -0.1) is 0 Å². The fourth-order valence-electron chi connectivity index (χ4n) is 4.43. The van der Waals surface area contributed by atoms with Gasteiger partial charge in [0.15, 0.2) is 23.2 Å². The minimum atomic E-state index is -1.26. The Hall–Kier alpha value is -3.97. The number of nitrogens with two attached hydrogens (primary N) is 2. The Kier molecular flexibility index (Phi) is 7.56. The Morgan fingerprint density at radius 1 is 0.842 bits per heavy atom. The molecule has 4 aromatic rings. The molecule has 4 atom stereocenters. The maximum Gasteiger partial charge on any atom is 0.226 e. The molecule has 12 heteroatoms. The van der Waals surface area contributed by atoms with Gasteiger partial charge in [0.25, 0.3) is 0 Å². The molecule has 12 nitrogen and oxygen atoms in total. The normalized spacial score (nSPS) is 21.1. The van der Waals surface area contributed by atoms with Crippen molar-refractivity contribution < 1.29 is 20.1 Å². The van der Waals surface area contributed by atoms with Crippen molar-refractivity contribution in [3.05, 3.63) is 66.0 Å². The zero-order chi connectivity index (χ0) is 26.6. The molecule has 0 aliphatic carbocycles. The van der Waals surface area contributed by atoms with E-state index in [1.54, 1.807) is 4.57 Å². The number of nitrogen functional groups attached to an aromatic ring is 2. The summed E-state index contributed by atoms with van der Waals surface area (Å²) >= 11 is 0. The predicted octanol–water partition coefficient (Wildman–Crippen LogP) is 0.911. The van der Waals surface area contributed by atoms with Crippen molar-refractivity contribution in [2.45, 2.75) is 37.4 Å². The number of aromatic nitrogens is 4. The first-order valence-corrected chi connectivity index (χ1v) is 12.5. The Balaban J connectivity index is 1.39. The molecular formula is C26H32N8O4. The second-order valence-electron chi connectivity index (χ2n) is 9.29. The second-order valence-corrected chi connectivity index (χ2v) is 9.29. The Morgan fingerprint density at radius 3 is 2.03 bits per heavy atom. The summed E-state index contributed by atoms with van der Waals surface area (Å²) in [4.78, 5) is 13.8. The molecule has 0 bridgehead atoms. The number of benzene rings is 2. The number of fused-ring (bicyclic) bond motifs is 1. The highest BCUT2D eigenvalue weighted by atomic mass is 16.6. The van der Waals surface area contributed by atoms with Crippen LogP contribution in [0.2, 0.25) is 0 Å². The number of nitrogens with zero attached hydrogens (tertiary/aromatic N) is 4. The quantitative estimate of drug-likeness (QED) is 0.147. The summed E-state index contributed by atoms with van der Waals surface area (Å²) in [5, 5.41) is 36.9. The number of imidazole rings is 1. The first-order valence-electron chi connectivity index (χ1n) is 12.5. The van der Waals surface area contributed by atoms with Crippen LogP contribution in [0.4, 0.5) is 23.1 Å². The lowest BCUT2D eigenvalue weighted by Crippen LogP contribution is -2.33. The summed E-state index contributed by atoms with van der Waals surface area (Å²) < 4.78 is 7.27. The maximum absolute atomic E-state index is 10.6. The van der Waals surface area contributed by atoms with Crippen LogP contribution in [0.25, 0.3) is 11.2 Å². The zero-order valence-electron chi connectivity index (χ0n) is 20.7. The summed E-state index contributed by atoms with van der Waals surface area (Å²) in [5.74, 6) is 0.891. The molecule has 1 fully saturated rings. The molecular weight excluding hydrogens is 488 g/mol. The summed E-state index contributed by atoms with van der Waals surface area (Å²) in [6.45, 7) is 0.732. The van der Waals surface area contributed by atoms with Gasteiger partial charge in [0.05, 0.1) is 12.9 Å². The molecule has 1 aliphatic heterocycles. The highest BCUT2D eigenvalue weighted by molar-refractivity contribution is 5.84. The van der Waals surface area contributed by atoms with E-state index in [-0.39, 0.29) is 0 Å². The van der Waals surface area contributed by atoms with Crippen LogP contribution in [0, 0.1) is 0 Å². The molecule has 9 N–H and O–H groups in total. The van der Waals surface area contributed by atoms with Crippen LogP contribution in [-0.2, 0) is 17.6 Å². The standard InChI is InChI=1S/C26H32N8O4/c27-17-5-1-15(2-6-17)9-11-29-23-20-24(34(14-31-20)25-22(37)21(36)19(13-35)38-25)33-26(32-23)30-12-10-16-3-7-18(28)8-4-16/h1-8,14,19,21-22,25,35-37H,9-13,27-28H2,(H2,29,30,32,33)/t19-,21-,22-,25?/m1/s1. The number of aliphatic hydroxyl groups excluding tert-OH is 3. The average Bonchev–Trinajstić information content (AvgIpc) is 3.46. The lowest BCUT2D eigenvalue weighted by atomic mass is 10.1. The van der Waals surface area contributed by atoms with E-state index in [9.17, 15) is 15.3 Å². The van der Waals surface area contributed by atoms with E-state index in [1.165, 1.54) is 6.33 Å². The molecule has 1 aliphatic rings. The third kappa shape index (κ3) is 5.48. The predicted molar refractivity (Wildman–Crippen MR) is 144 cm³/mol. The van der Waals surface area contributed by atoms with E-state index in [0.29, 0.717) is 47.4 Å². The zero-order valence-corrected chi connectivity index (χ0v) is 20.7. The summed E-state index contributed by atoms with van der Waals surface area (Å²) in [7, 11) is 0. The molecule has 1 unspecified atom stereocenters.